The molecule has 1 atom stereocenters. The zero-order chi connectivity index (χ0) is 14.5. The Morgan fingerprint density at radius 2 is 2.05 bits per heavy atom. The van der Waals surface area contributed by atoms with E-state index in [1.54, 1.807) is 6.07 Å². The minimum atomic E-state index is -0.236. The van der Waals surface area contributed by atoms with Crippen LogP contribution in [0.15, 0.2) is 46.9 Å². The van der Waals surface area contributed by atoms with E-state index in [4.69, 9.17) is 10.5 Å². The van der Waals surface area contributed by atoms with Gasteiger partial charge >= 0.3 is 0 Å². The first-order valence-corrected chi connectivity index (χ1v) is 7.31. The van der Waals surface area contributed by atoms with Gasteiger partial charge in [-0.3, -0.25) is 0 Å². The zero-order valence-corrected chi connectivity index (χ0v) is 12.9. The van der Waals surface area contributed by atoms with E-state index < -0.39 is 0 Å². The van der Waals surface area contributed by atoms with Gasteiger partial charge in [-0.1, -0.05) is 34.1 Å². The van der Waals surface area contributed by atoms with Crippen molar-refractivity contribution in [2.75, 3.05) is 6.61 Å². The fourth-order valence-electron chi connectivity index (χ4n) is 2.09. The number of halogens is 2. The van der Waals surface area contributed by atoms with Gasteiger partial charge in [0.25, 0.3) is 0 Å². The second-order valence-electron chi connectivity index (χ2n) is 4.56. The van der Waals surface area contributed by atoms with Crippen LogP contribution in [0.25, 0.3) is 0 Å². The summed E-state index contributed by atoms with van der Waals surface area (Å²) in [4.78, 5) is 0. The molecule has 0 bridgehead atoms. The monoisotopic (exact) mass is 337 g/mol. The van der Waals surface area contributed by atoms with Crippen molar-refractivity contribution in [1.82, 2.24) is 0 Å². The first kappa shape index (κ1) is 15.0. The summed E-state index contributed by atoms with van der Waals surface area (Å²) in [6, 6.07) is 12.1. The lowest BCUT2D eigenvalue weighted by molar-refractivity contribution is 0.340. The first-order valence-electron chi connectivity index (χ1n) is 6.52. The summed E-state index contributed by atoms with van der Waals surface area (Å²) in [5.74, 6) is 0.571. The zero-order valence-electron chi connectivity index (χ0n) is 11.3. The predicted octanol–water partition coefficient (Wildman–Crippen LogP) is 4.23. The van der Waals surface area contributed by atoms with E-state index >= 15 is 0 Å². The molecule has 0 saturated carbocycles. The molecule has 20 heavy (non-hydrogen) atoms. The summed E-state index contributed by atoms with van der Waals surface area (Å²) in [5, 5.41) is 0. The average molecular weight is 338 g/mol. The van der Waals surface area contributed by atoms with Crippen LogP contribution in [0.3, 0.4) is 0 Å². The Bertz CT molecular complexity index is 588. The highest BCUT2D eigenvalue weighted by molar-refractivity contribution is 9.10. The highest BCUT2D eigenvalue weighted by Gasteiger charge is 2.12. The number of hydrogen-bond donors (Lipinski definition) is 1. The molecule has 0 aliphatic rings. The van der Waals surface area contributed by atoms with Crippen molar-refractivity contribution < 1.29 is 9.13 Å². The van der Waals surface area contributed by atoms with Crippen LogP contribution in [0.5, 0.6) is 5.75 Å². The molecule has 0 aliphatic carbocycles. The molecule has 0 saturated heterocycles. The number of ether oxygens (including phenoxy) is 1. The minimum absolute atomic E-state index is 0.193. The van der Waals surface area contributed by atoms with E-state index in [2.05, 4.69) is 15.9 Å². The summed E-state index contributed by atoms with van der Waals surface area (Å²) in [5.41, 5.74) is 8.08. The number of rotatable bonds is 5. The molecule has 1 unspecified atom stereocenters. The van der Waals surface area contributed by atoms with Gasteiger partial charge in [-0.2, -0.15) is 0 Å². The van der Waals surface area contributed by atoms with Crippen molar-refractivity contribution >= 4 is 15.9 Å². The van der Waals surface area contributed by atoms with Gasteiger partial charge in [0, 0.05) is 10.5 Å². The maximum absolute atomic E-state index is 13.2. The smallest absolute Gasteiger partial charge is 0.123 e. The molecule has 0 heterocycles. The number of hydrogen-bond acceptors (Lipinski definition) is 2. The molecule has 4 heteroatoms. The summed E-state index contributed by atoms with van der Waals surface area (Å²) < 4.78 is 19.5. The molecule has 2 N–H and O–H groups in total. The van der Waals surface area contributed by atoms with Crippen molar-refractivity contribution in [2.45, 2.75) is 19.4 Å². The summed E-state index contributed by atoms with van der Waals surface area (Å²) >= 11 is 3.51. The van der Waals surface area contributed by atoms with Crippen LogP contribution in [0.2, 0.25) is 0 Å². The van der Waals surface area contributed by atoms with Gasteiger partial charge in [0.05, 0.1) is 6.61 Å². The second kappa shape index (κ2) is 6.86. The SMILES string of the molecule is CCOc1ccc(C(N)Cc2cccc(F)c2)c(Br)c1. The van der Waals surface area contributed by atoms with E-state index in [-0.39, 0.29) is 11.9 Å². The van der Waals surface area contributed by atoms with Crippen molar-refractivity contribution in [3.63, 3.8) is 0 Å². The van der Waals surface area contributed by atoms with Crippen molar-refractivity contribution in [1.29, 1.82) is 0 Å². The Labute approximate surface area is 126 Å². The third-order valence-corrected chi connectivity index (χ3v) is 3.71. The van der Waals surface area contributed by atoms with Crippen LogP contribution in [-0.4, -0.2) is 6.61 Å². The van der Waals surface area contributed by atoms with Crippen LogP contribution < -0.4 is 10.5 Å². The van der Waals surface area contributed by atoms with Gasteiger partial charge in [-0.05, 0) is 48.7 Å². The van der Waals surface area contributed by atoms with Gasteiger partial charge in [0.1, 0.15) is 11.6 Å². The Morgan fingerprint density at radius 1 is 1.25 bits per heavy atom. The van der Waals surface area contributed by atoms with Gasteiger partial charge in [-0.25, -0.2) is 4.39 Å². The molecule has 0 amide bonds. The lowest BCUT2D eigenvalue weighted by Gasteiger charge is -2.15. The molecule has 0 fully saturated rings. The van der Waals surface area contributed by atoms with Gasteiger partial charge in [0.15, 0.2) is 0 Å². The summed E-state index contributed by atoms with van der Waals surface area (Å²) in [6.07, 6.45) is 0.588. The van der Waals surface area contributed by atoms with Crippen molar-refractivity contribution in [3.8, 4) is 5.75 Å². The van der Waals surface area contributed by atoms with E-state index in [1.165, 1.54) is 12.1 Å². The number of nitrogens with two attached hydrogens (primary N) is 1. The Hall–Kier alpha value is -1.39. The average Bonchev–Trinajstić information content (AvgIpc) is 2.39. The van der Waals surface area contributed by atoms with E-state index in [0.717, 1.165) is 21.3 Å². The van der Waals surface area contributed by atoms with Gasteiger partial charge in [0.2, 0.25) is 0 Å². The number of benzene rings is 2. The predicted molar refractivity (Wildman–Crippen MR) is 82.3 cm³/mol. The van der Waals surface area contributed by atoms with Crippen LogP contribution in [0, 0.1) is 5.82 Å². The van der Waals surface area contributed by atoms with Gasteiger partial charge in [-0.15, -0.1) is 0 Å². The molecule has 2 nitrogen and oxygen atoms in total. The van der Waals surface area contributed by atoms with E-state index in [9.17, 15) is 4.39 Å². The van der Waals surface area contributed by atoms with Crippen LogP contribution in [0.4, 0.5) is 4.39 Å². The standard InChI is InChI=1S/C16H17BrFNO/c1-2-20-13-6-7-14(15(17)10-13)16(19)9-11-4-3-5-12(18)8-11/h3-8,10,16H,2,9,19H2,1H3. The molecule has 2 rings (SSSR count). The Morgan fingerprint density at radius 3 is 2.70 bits per heavy atom. The molecule has 0 aromatic heterocycles. The third kappa shape index (κ3) is 3.81. The van der Waals surface area contributed by atoms with Crippen LogP contribution >= 0.6 is 15.9 Å². The first-order chi connectivity index (χ1) is 9.60. The highest BCUT2D eigenvalue weighted by Crippen LogP contribution is 2.28. The molecule has 2 aromatic carbocycles. The summed E-state index contributed by atoms with van der Waals surface area (Å²) in [7, 11) is 0. The summed E-state index contributed by atoms with van der Waals surface area (Å²) in [6.45, 7) is 2.57. The van der Waals surface area contributed by atoms with Crippen molar-refractivity contribution in [3.05, 3.63) is 63.9 Å². The largest absolute Gasteiger partial charge is 0.494 e. The molecular weight excluding hydrogens is 321 g/mol. The fraction of sp³-hybridized carbons (Fsp3) is 0.250. The molecule has 2 aromatic rings. The van der Waals surface area contributed by atoms with Gasteiger partial charge < -0.3 is 10.5 Å². The fourth-order valence-corrected chi connectivity index (χ4v) is 2.74. The molecule has 0 radical (unpaired) electrons. The molecule has 0 spiro atoms. The Kier molecular flexibility index (Phi) is 5.15. The molecule has 0 aliphatic heterocycles. The van der Waals surface area contributed by atoms with Crippen LogP contribution in [0.1, 0.15) is 24.1 Å². The quantitative estimate of drug-likeness (QED) is 0.886. The Balaban J connectivity index is 2.14. The van der Waals surface area contributed by atoms with Crippen LogP contribution in [-0.2, 0) is 6.42 Å². The third-order valence-electron chi connectivity index (χ3n) is 3.03. The molecular formula is C16H17BrFNO. The van der Waals surface area contributed by atoms with E-state index in [0.29, 0.717) is 13.0 Å². The topological polar surface area (TPSA) is 35.2 Å². The lowest BCUT2D eigenvalue weighted by Crippen LogP contribution is -2.14. The lowest BCUT2D eigenvalue weighted by atomic mass is 9.99. The second-order valence-corrected chi connectivity index (χ2v) is 5.41. The van der Waals surface area contributed by atoms with Crippen molar-refractivity contribution in [2.24, 2.45) is 5.73 Å². The maximum atomic E-state index is 13.2. The van der Waals surface area contributed by atoms with E-state index in [1.807, 2.05) is 31.2 Å². The molecule has 106 valence electrons. The normalized spacial score (nSPS) is 12.2. The highest BCUT2D eigenvalue weighted by atomic mass is 79.9. The maximum Gasteiger partial charge on any atom is 0.123 e. The minimum Gasteiger partial charge on any atom is -0.494 e.